The van der Waals surface area contributed by atoms with Crippen molar-refractivity contribution in [1.29, 1.82) is 0 Å². The summed E-state index contributed by atoms with van der Waals surface area (Å²) in [4.78, 5) is 62.3. The van der Waals surface area contributed by atoms with Crippen molar-refractivity contribution < 1.29 is 159 Å². The minimum Gasteiger partial charge on any atom is -0.445 e. The summed E-state index contributed by atoms with van der Waals surface area (Å²) in [5, 5.41) is 113. The van der Waals surface area contributed by atoms with Crippen LogP contribution in [0.2, 0.25) is 0 Å². The van der Waals surface area contributed by atoms with Crippen LogP contribution in [0.15, 0.2) is 48.9 Å². The van der Waals surface area contributed by atoms with Gasteiger partial charge in [-0.1, -0.05) is 58.8 Å². The molecule has 0 aliphatic carbocycles. The molecular formula is C82H134N14O33. The lowest BCUT2D eigenvalue weighted by molar-refractivity contribution is -0.297. The molecule has 5 fully saturated rings. The first-order valence-corrected chi connectivity index (χ1v) is 44.0. The van der Waals surface area contributed by atoms with Crippen LogP contribution in [0, 0.1) is 0 Å². The molecule has 0 spiro atoms. The number of aromatic nitrogens is 9. The van der Waals surface area contributed by atoms with E-state index >= 15 is 0 Å². The minimum absolute atomic E-state index is 0.0193. The Balaban J connectivity index is 0.708. The van der Waals surface area contributed by atoms with Gasteiger partial charge in [0.2, 0.25) is 23.6 Å². The Morgan fingerprint density at radius 2 is 0.868 bits per heavy atom. The van der Waals surface area contributed by atoms with E-state index in [9.17, 15) is 59.7 Å². The molecule has 3 aromatic heterocycles. The zero-order chi connectivity index (χ0) is 91.8. The summed E-state index contributed by atoms with van der Waals surface area (Å²) in [6, 6.07) is 7.28. The maximum atomic E-state index is 14.3. The molecule has 1 aromatic carbocycles. The van der Waals surface area contributed by atoms with Gasteiger partial charge in [0.1, 0.15) is 88.6 Å². The second kappa shape index (κ2) is 58.0. The van der Waals surface area contributed by atoms with Crippen molar-refractivity contribution in [2.24, 2.45) is 0 Å². The molecule has 9 rings (SSSR count). The van der Waals surface area contributed by atoms with E-state index in [1.807, 2.05) is 30.3 Å². The molecule has 15 atom stereocenters. The molecule has 8 heterocycles. The van der Waals surface area contributed by atoms with Gasteiger partial charge in [0, 0.05) is 46.2 Å². The largest absolute Gasteiger partial charge is 0.445 e. The molecule has 1 unspecified atom stereocenters. The van der Waals surface area contributed by atoms with Crippen LogP contribution in [0.5, 0.6) is 0 Å². The molecule has 4 aromatic rings. The first-order chi connectivity index (χ1) is 62.5. The fraction of sp³-hybridized carbons (Fsp3) is 0.793. The number of carbonyl (C=O) groups excluding carboxylic acids is 5. The molecule has 0 saturated carbocycles. The maximum Gasteiger partial charge on any atom is 0.407 e. The normalized spacial score (nSPS) is 24.6. The van der Waals surface area contributed by atoms with Crippen LogP contribution in [0.3, 0.4) is 0 Å². The highest BCUT2D eigenvalue weighted by Gasteiger charge is 2.60. The molecule has 5 amide bonds. The van der Waals surface area contributed by atoms with Crippen molar-refractivity contribution in [3.8, 4) is 0 Å². The summed E-state index contributed by atoms with van der Waals surface area (Å²) in [6.45, 7) is 11.2. The summed E-state index contributed by atoms with van der Waals surface area (Å²) < 4.78 is 126. The molecule has 129 heavy (non-hydrogen) atoms. The number of nitrogens with one attached hydrogen (secondary N) is 5. The van der Waals surface area contributed by atoms with Crippen molar-refractivity contribution in [2.45, 2.75) is 215 Å². The lowest BCUT2D eigenvalue weighted by Gasteiger charge is -2.46. The smallest absolute Gasteiger partial charge is 0.407 e. The lowest BCUT2D eigenvalue weighted by atomic mass is 9.87. The topological polar surface area (TPSA) is 573 Å². The van der Waals surface area contributed by atoms with Crippen LogP contribution in [-0.2, 0) is 165 Å². The van der Waals surface area contributed by atoms with Crippen LogP contribution in [0.4, 0.5) is 4.79 Å². The van der Waals surface area contributed by atoms with E-state index in [1.165, 1.54) is 20.8 Å². The molecule has 5 aliphatic rings. The predicted octanol–water partition coefficient (Wildman–Crippen LogP) is -3.45. The van der Waals surface area contributed by atoms with E-state index < -0.39 is 108 Å². The number of carbonyl (C=O) groups is 5. The maximum absolute atomic E-state index is 14.3. The molecule has 5 aliphatic heterocycles. The van der Waals surface area contributed by atoms with Gasteiger partial charge < -0.3 is 162 Å². The van der Waals surface area contributed by atoms with Gasteiger partial charge in [-0.2, -0.15) is 0 Å². The van der Waals surface area contributed by atoms with Crippen LogP contribution in [0.25, 0.3) is 0 Å². The number of fused-ring (bicyclic) bond motifs is 4. The Morgan fingerprint density at radius 3 is 1.35 bits per heavy atom. The summed E-state index contributed by atoms with van der Waals surface area (Å²) >= 11 is 0. The quantitative estimate of drug-likeness (QED) is 0.0191. The Labute approximate surface area is 748 Å². The number of nitrogens with zero attached hydrogens (tertiary/aromatic N) is 9. The van der Waals surface area contributed by atoms with Crippen molar-refractivity contribution in [1.82, 2.24) is 71.6 Å². The highest BCUT2D eigenvalue weighted by atomic mass is 16.8. The third-order valence-electron chi connectivity index (χ3n) is 21.2. The zero-order valence-corrected chi connectivity index (χ0v) is 74.0. The fourth-order valence-electron chi connectivity index (χ4n) is 14.3. The number of aliphatic hydroxyl groups is 7. The molecule has 47 nitrogen and oxygen atoms in total. The van der Waals surface area contributed by atoms with E-state index in [4.69, 9.17) is 99.5 Å². The number of benzene rings is 1. The number of unbranched alkanes of at least 4 members (excludes halogenated alkanes) is 4. The van der Waals surface area contributed by atoms with Crippen molar-refractivity contribution >= 4 is 29.7 Å². The summed E-state index contributed by atoms with van der Waals surface area (Å²) in [7, 11) is 0. The number of rotatable bonds is 71. The lowest BCUT2D eigenvalue weighted by Crippen LogP contribution is -2.68. The third kappa shape index (κ3) is 37.6. The average Bonchev–Trinajstić information content (AvgIpc) is 1.60. The van der Waals surface area contributed by atoms with E-state index in [2.05, 4.69) is 57.5 Å². The van der Waals surface area contributed by atoms with Gasteiger partial charge in [0.15, 0.2) is 18.9 Å². The van der Waals surface area contributed by atoms with E-state index in [0.29, 0.717) is 141 Å². The number of hydrogen-bond acceptors (Lipinski definition) is 39. The number of amides is 5. The molecule has 12 N–H and O–H groups in total. The van der Waals surface area contributed by atoms with Gasteiger partial charge >= 0.3 is 6.09 Å². The second-order valence-electron chi connectivity index (χ2n) is 32.0. The summed E-state index contributed by atoms with van der Waals surface area (Å²) in [6.07, 6.45) is -1.57. The summed E-state index contributed by atoms with van der Waals surface area (Å²) in [5.74, 6) is -1.30. The van der Waals surface area contributed by atoms with Gasteiger partial charge in [-0.15, -0.1) is 15.3 Å². The number of alkyl carbamates (subject to hydrolysis) is 1. The Bertz CT molecular complexity index is 3790. The fourth-order valence-corrected chi connectivity index (χ4v) is 14.3. The van der Waals surface area contributed by atoms with Crippen molar-refractivity contribution in [3.63, 3.8) is 0 Å². The van der Waals surface area contributed by atoms with Crippen LogP contribution in [-0.4, -0.2) is 405 Å². The molecule has 47 heteroatoms. The van der Waals surface area contributed by atoms with Gasteiger partial charge in [-0.05, 0) is 38.2 Å². The SMILES string of the molecule is CC(=O)N[C@@H]1[C@@H](O)[C@@H](O)[C@@](C)(COCCOCCOCCOCCn2cc(COCC(COCc3cn(CCOCCOCCOCCOC[C@@]45CO[C@@H](O4)[C@H](NC(C)=O)[C@@H](O)[C@H]5O)nn3)(COCc3cn(CCOCCOCCOCCOC[C@]45CO[C@H](C[C@@H](O)[C@H]4O)O5)nn3)NC(=O)CCCCCNC(=O)CCCCCNC(=O)OCc3ccccc3)nn2)O[C@@H]1O. The van der Waals surface area contributed by atoms with Crippen LogP contribution < -0.4 is 26.6 Å². The van der Waals surface area contributed by atoms with Crippen molar-refractivity contribution in [3.05, 3.63) is 71.6 Å². The summed E-state index contributed by atoms with van der Waals surface area (Å²) in [5.41, 5.74) is -2.81. The highest BCUT2D eigenvalue weighted by Crippen LogP contribution is 2.39. The van der Waals surface area contributed by atoms with E-state index in [0.717, 1.165) is 12.0 Å². The molecule has 0 radical (unpaired) electrons. The van der Waals surface area contributed by atoms with E-state index in [1.54, 1.807) is 32.6 Å². The van der Waals surface area contributed by atoms with Crippen LogP contribution >= 0.6 is 0 Å². The Morgan fingerprint density at radius 1 is 0.450 bits per heavy atom. The monoisotopic (exact) mass is 1840 g/mol. The Kier molecular flexibility index (Phi) is 47.4. The highest BCUT2D eigenvalue weighted by molar-refractivity contribution is 5.77. The molecule has 5 saturated heterocycles. The van der Waals surface area contributed by atoms with Gasteiger partial charge in [0.05, 0.1) is 256 Å². The standard InChI is InChI=1S/C82H134N14O33/c1-59(97)85-69-71(102)74(105)79(3,128-76(69)107)51-118-40-37-115-34-31-112-28-25-109-22-19-94-44-62(88-91-94)48-121-52-80(87-67(101)16-10-6-11-17-83-66(100)15-9-5-12-18-84-78(108)124-47-61-13-7-4-8-14-61,53-122-49-63-45-95(92-89-63)20-23-110-26-29-113-32-35-116-38-41-119-55-81-57-125-68(127-81)43-65(99)73(81)104)54-123-50-64-46-96(93-90-64)21-24-111-27-30-114-33-36-117-39-42-120-56-82-58-126-77(129-82)70(86-60(2)98)72(103)75(82)106/h4,7-8,13-14,44-46,65,68-77,99,102-107H,5-6,9-12,15-43,47-58H2,1-3H3,(H,83,100)(H,84,108)(H,85,97)(H,86,98)(H,87,101)/t65-,68+,69-,70-,71-,72-,73-,74-,75-,76+,77+,79-,80?,81+,82+/m1/s1. The average molecular weight is 1840 g/mol. The number of hydrogen-bond donors (Lipinski definition) is 12. The first kappa shape index (κ1) is 105. The van der Waals surface area contributed by atoms with Gasteiger partial charge in [-0.25, -0.2) is 18.8 Å². The zero-order valence-electron chi connectivity index (χ0n) is 74.0. The predicted molar refractivity (Wildman–Crippen MR) is 443 cm³/mol. The number of ether oxygens (including phenoxy) is 21. The molecular weight excluding hydrogens is 1710 g/mol. The minimum atomic E-state index is -1.57. The van der Waals surface area contributed by atoms with E-state index in [-0.39, 0.29) is 190 Å². The van der Waals surface area contributed by atoms with Crippen molar-refractivity contribution in [2.75, 3.05) is 205 Å². The Hall–Kier alpha value is -7.29. The second-order valence-corrected chi connectivity index (χ2v) is 32.0. The third-order valence-corrected chi connectivity index (χ3v) is 21.2. The van der Waals surface area contributed by atoms with Gasteiger partial charge in [-0.3, -0.25) is 19.2 Å². The first-order valence-electron chi connectivity index (χ1n) is 44.0. The molecule has 4 bridgehead atoms. The molecule has 730 valence electrons. The van der Waals surface area contributed by atoms with Crippen LogP contribution in [0.1, 0.15) is 101 Å². The van der Waals surface area contributed by atoms with Gasteiger partial charge in [0.25, 0.3) is 0 Å². The number of aliphatic hydroxyl groups excluding tert-OH is 7.